The van der Waals surface area contributed by atoms with Gasteiger partial charge in [-0.25, -0.2) is 19.3 Å². The number of imidazole rings is 1. The number of hydrogen-bond acceptors (Lipinski definition) is 24. The first-order valence-corrected chi connectivity index (χ1v) is 26.5. The Bertz CT molecular complexity index is 2200. The van der Waals surface area contributed by atoms with Crippen molar-refractivity contribution in [3.05, 3.63) is 24.8 Å². The van der Waals surface area contributed by atoms with Crippen LogP contribution in [-0.2, 0) is 55.5 Å². The van der Waals surface area contributed by atoms with Gasteiger partial charge in [-0.15, -0.1) is 0 Å². The summed E-state index contributed by atoms with van der Waals surface area (Å²) in [6, 6.07) is 0. The van der Waals surface area contributed by atoms with Crippen LogP contribution >= 0.6 is 35.2 Å². The Labute approximate surface area is 389 Å². The molecule has 4 rings (SSSR count). The third kappa shape index (κ3) is 17.7. The first-order chi connectivity index (χ1) is 31.3. The van der Waals surface area contributed by atoms with Crippen LogP contribution in [0.15, 0.2) is 24.8 Å². The molecule has 30 heteroatoms. The van der Waals surface area contributed by atoms with Crippen LogP contribution in [0.5, 0.6) is 0 Å². The molecule has 0 bridgehead atoms. The second kappa shape index (κ2) is 25.2. The molecule has 1 aliphatic heterocycles. The van der Waals surface area contributed by atoms with E-state index < -0.39 is 90.7 Å². The normalized spacial score (nSPS) is 24.1. The van der Waals surface area contributed by atoms with Crippen molar-refractivity contribution >= 4 is 74.9 Å². The summed E-state index contributed by atoms with van der Waals surface area (Å²) in [5.41, 5.74) is 4.03. The van der Waals surface area contributed by atoms with E-state index in [0.29, 0.717) is 19.3 Å². The number of nitrogens with two attached hydrogens (primary N) is 1. The highest BCUT2D eigenvalue weighted by Crippen LogP contribution is 2.56. The van der Waals surface area contributed by atoms with Gasteiger partial charge in [-0.2, -0.15) is 0 Å². The molecule has 2 aromatic heterocycles. The number of fused-ring (bicyclic) bond motifs is 1. The second-order valence-corrected chi connectivity index (χ2v) is 21.7. The highest BCUT2D eigenvalue weighted by Gasteiger charge is 2.47. The Morgan fingerprint density at radius 2 is 1.79 bits per heavy atom. The number of Topliss-reactive ketones (excluding diaryl/α,β-unsaturated/α-hetero) is 1. The minimum absolute atomic E-state index is 0.0140. The summed E-state index contributed by atoms with van der Waals surface area (Å²) < 4.78 is 60.8. The Kier molecular flexibility index (Phi) is 21.2. The number of phosphoric acid groups is 3. The van der Waals surface area contributed by atoms with Crippen molar-refractivity contribution < 1.29 is 90.4 Å². The molecule has 1 saturated carbocycles. The van der Waals surface area contributed by atoms with Crippen molar-refractivity contribution in [3.8, 4) is 0 Å². The zero-order valence-corrected chi connectivity index (χ0v) is 40.3. The SMILES string of the molecule is CC/C=C\C[C@@H]1C(=O)CC[C@@H]1CCC[C@H](O)CC(=O)SCCNC(=O)CCNC(=O)[C@H](O)C(C)(C)COP(=O)([O-])OP(=O)([O-])OC[C@H]1O[C@@H](n2cnc3c(N)ncnc32)[C@H](O)[C@@H]1OP(=O)([O-])[O-]. The third-order valence-corrected chi connectivity index (χ3v) is 14.7. The number of phosphoric ester groups is 3. The van der Waals surface area contributed by atoms with Crippen molar-refractivity contribution in [2.45, 2.75) is 115 Å². The number of thioether (sulfide) groups is 1. The van der Waals surface area contributed by atoms with Crippen LogP contribution in [0.25, 0.3) is 11.2 Å². The molecular weight excluding hydrogens is 971 g/mol. The first-order valence-electron chi connectivity index (χ1n) is 21.2. The largest absolute Gasteiger partial charge is 0.790 e. The fraction of sp³-hybridized carbons (Fsp3) is 0.703. The van der Waals surface area contributed by atoms with E-state index in [1.807, 2.05) is 6.92 Å². The van der Waals surface area contributed by atoms with Crippen LogP contribution in [-0.4, -0.2) is 120 Å². The fourth-order valence-electron chi connectivity index (χ4n) is 7.30. The van der Waals surface area contributed by atoms with Crippen LogP contribution in [0.3, 0.4) is 0 Å². The van der Waals surface area contributed by atoms with Gasteiger partial charge in [0.05, 0.1) is 33.5 Å². The molecular formula is C37H56N7O19P3S-4. The van der Waals surface area contributed by atoms with Gasteiger partial charge in [-0.05, 0) is 38.0 Å². The summed E-state index contributed by atoms with van der Waals surface area (Å²) in [6.45, 7) is 1.94. The van der Waals surface area contributed by atoms with Gasteiger partial charge in [0, 0.05) is 49.4 Å². The zero-order chi connectivity index (χ0) is 49.7. The van der Waals surface area contributed by atoms with E-state index in [2.05, 4.69) is 55.6 Å². The van der Waals surface area contributed by atoms with Crippen LogP contribution < -0.4 is 35.9 Å². The van der Waals surface area contributed by atoms with Gasteiger partial charge in [-0.1, -0.05) is 51.1 Å². The van der Waals surface area contributed by atoms with Gasteiger partial charge in [0.15, 0.2) is 22.8 Å². The number of nitrogens with zero attached hydrogens (tertiary/aromatic N) is 4. The summed E-state index contributed by atoms with van der Waals surface area (Å²) in [5.74, 6) is -0.840. The van der Waals surface area contributed by atoms with Gasteiger partial charge in [-0.3, -0.25) is 32.9 Å². The van der Waals surface area contributed by atoms with Crippen LogP contribution in [0, 0.1) is 17.3 Å². The van der Waals surface area contributed by atoms with Crippen LogP contribution in [0.4, 0.5) is 5.82 Å². The number of allylic oxidation sites excluding steroid dienone is 2. The number of amides is 2. The minimum Gasteiger partial charge on any atom is -0.790 e. The summed E-state index contributed by atoms with van der Waals surface area (Å²) in [6.07, 6.45) is 0.481. The monoisotopic (exact) mass is 1030 g/mol. The molecule has 26 nitrogen and oxygen atoms in total. The molecule has 7 N–H and O–H groups in total. The van der Waals surface area contributed by atoms with E-state index in [-0.39, 0.29) is 71.4 Å². The number of aliphatic hydroxyl groups excluding tert-OH is 3. The van der Waals surface area contributed by atoms with Crippen molar-refractivity contribution in [1.82, 2.24) is 30.2 Å². The van der Waals surface area contributed by atoms with Gasteiger partial charge in [0.1, 0.15) is 42.0 Å². The lowest BCUT2D eigenvalue weighted by molar-refractivity contribution is -0.347. The van der Waals surface area contributed by atoms with Crippen molar-refractivity contribution in [1.29, 1.82) is 0 Å². The number of aliphatic hydroxyl groups is 3. The predicted molar refractivity (Wildman–Crippen MR) is 228 cm³/mol. The van der Waals surface area contributed by atoms with Gasteiger partial charge >= 0.3 is 0 Å². The molecule has 2 unspecified atom stereocenters. The Hall–Kier alpha value is -3.07. The molecule has 0 aromatic carbocycles. The van der Waals surface area contributed by atoms with Gasteiger partial charge in [0.2, 0.25) is 11.8 Å². The number of nitrogen functional groups attached to an aromatic ring is 1. The average Bonchev–Trinajstić information content (AvgIpc) is 3.91. The Morgan fingerprint density at radius 1 is 1.07 bits per heavy atom. The molecule has 2 aromatic rings. The van der Waals surface area contributed by atoms with E-state index >= 15 is 0 Å². The van der Waals surface area contributed by atoms with Gasteiger partial charge in [0.25, 0.3) is 15.6 Å². The maximum absolute atomic E-state index is 12.6. The predicted octanol–water partition coefficient (Wildman–Crippen LogP) is -0.990. The van der Waals surface area contributed by atoms with Crippen molar-refractivity contribution in [2.24, 2.45) is 17.3 Å². The topological polar surface area (TPSA) is 412 Å². The van der Waals surface area contributed by atoms with Crippen LogP contribution in [0.2, 0.25) is 0 Å². The maximum atomic E-state index is 12.6. The van der Waals surface area contributed by atoms with Crippen molar-refractivity contribution in [3.63, 3.8) is 0 Å². The maximum Gasteiger partial charge on any atom is 0.274 e. The molecule has 3 heterocycles. The molecule has 0 spiro atoms. The smallest absolute Gasteiger partial charge is 0.274 e. The number of carbonyl (C=O) groups is 4. The molecule has 2 aliphatic rings. The van der Waals surface area contributed by atoms with Crippen LogP contribution in [0.1, 0.15) is 84.8 Å². The molecule has 2 amide bonds. The molecule has 1 aliphatic carbocycles. The van der Waals surface area contributed by atoms with E-state index in [1.54, 1.807) is 0 Å². The molecule has 1 saturated heterocycles. The molecule has 67 heavy (non-hydrogen) atoms. The second-order valence-electron chi connectivity index (χ2n) is 16.5. The summed E-state index contributed by atoms with van der Waals surface area (Å²) in [4.78, 5) is 109. The lowest BCUT2D eigenvalue weighted by Crippen LogP contribution is -2.46. The lowest BCUT2D eigenvalue weighted by atomic mass is 9.87. The zero-order valence-electron chi connectivity index (χ0n) is 36.8. The number of ether oxygens (including phenoxy) is 1. The number of nitrogens with one attached hydrogen (secondary N) is 2. The van der Waals surface area contributed by atoms with Crippen molar-refractivity contribution in [2.75, 3.05) is 37.8 Å². The number of carbonyl (C=O) groups excluding carboxylic acids is 4. The van der Waals surface area contributed by atoms with E-state index in [0.717, 1.165) is 54.7 Å². The average molecular weight is 1030 g/mol. The van der Waals surface area contributed by atoms with Gasteiger partial charge < -0.3 is 74.1 Å². The Morgan fingerprint density at radius 3 is 2.49 bits per heavy atom. The number of rotatable bonds is 28. The standard InChI is InChI=1S/C37H60N7O19P3S/c1-4-5-6-10-24-22(11-12-25(24)46)8-7-9-23(45)17-28(48)67-16-15-39-27(47)13-14-40-35(51)32(50)37(2,3)19-60-66(57,58)63-65(55,56)59-18-26-31(62-64(52,53)54)30(49)36(61-26)44-21-43-29-33(38)41-20-42-34(29)44/h5-6,20-24,26,30-32,36,45,49-50H,4,7-19H2,1-3H3,(H,39,47)(H,40,51)(H,55,56)(H,57,58)(H2,38,41,42)(H2,52,53,54)/p-4/b6-5-/t22-,23-,24-,26+,30+,31+,32-,36+/m0/s1. The molecule has 378 valence electrons. The van der Waals surface area contributed by atoms with E-state index in [9.17, 15) is 67.8 Å². The summed E-state index contributed by atoms with van der Waals surface area (Å²) >= 11 is 0.945. The molecule has 2 fully saturated rings. The first kappa shape index (κ1) is 56.5. The molecule has 10 atom stereocenters. The number of aromatic nitrogens is 4. The Balaban J connectivity index is 1.13. The number of hydrogen-bond donors (Lipinski definition) is 6. The minimum atomic E-state index is -5.94. The number of anilines is 1. The fourth-order valence-corrected chi connectivity index (χ4v) is 10.8. The summed E-state index contributed by atoms with van der Waals surface area (Å²) in [7, 11) is -17.7. The van der Waals surface area contributed by atoms with E-state index in [4.69, 9.17) is 10.5 Å². The summed E-state index contributed by atoms with van der Waals surface area (Å²) in [5, 5.41) is 36.4. The lowest BCUT2D eigenvalue weighted by Gasteiger charge is -2.36. The number of ketones is 1. The quantitative estimate of drug-likeness (QED) is 0.0338. The highest BCUT2D eigenvalue weighted by atomic mass is 32.2. The van der Waals surface area contributed by atoms with E-state index in [1.165, 1.54) is 13.8 Å². The third-order valence-electron chi connectivity index (χ3n) is 10.8. The highest BCUT2D eigenvalue weighted by molar-refractivity contribution is 8.13. The molecule has 0 radical (unpaired) electrons.